The number of benzene rings is 1. The molecule has 0 amide bonds. The monoisotopic (exact) mass is 280 g/mol. The molecule has 3 aromatic rings. The molecule has 1 aromatic carbocycles. The van der Waals surface area contributed by atoms with Crippen molar-refractivity contribution in [1.29, 1.82) is 0 Å². The fourth-order valence-electron chi connectivity index (χ4n) is 1.65. The van der Waals surface area contributed by atoms with Gasteiger partial charge in [0.25, 0.3) is 5.89 Å². The second kappa shape index (κ2) is 4.52. The van der Waals surface area contributed by atoms with Crippen LogP contribution in [0.25, 0.3) is 23.0 Å². The van der Waals surface area contributed by atoms with Gasteiger partial charge in [0.2, 0.25) is 5.82 Å². The zero-order valence-electron chi connectivity index (χ0n) is 9.89. The molecule has 0 N–H and O–H groups in total. The molecule has 0 fully saturated rings. The Morgan fingerprint density at radius 2 is 1.75 bits per heavy atom. The number of halogens is 3. The Labute approximate surface area is 110 Å². The van der Waals surface area contributed by atoms with E-state index in [4.69, 9.17) is 8.94 Å². The zero-order valence-corrected chi connectivity index (χ0v) is 9.89. The van der Waals surface area contributed by atoms with Crippen LogP contribution in [0.1, 0.15) is 5.56 Å². The van der Waals surface area contributed by atoms with Crippen LogP contribution in [-0.4, -0.2) is 10.1 Å². The van der Waals surface area contributed by atoms with Gasteiger partial charge in [0.05, 0.1) is 11.8 Å². The molecule has 0 bridgehead atoms. The lowest BCUT2D eigenvalue weighted by Gasteiger charge is -2.05. The van der Waals surface area contributed by atoms with E-state index < -0.39 is 11.7 Å². The summed E-state index contributed by atoms with van der Waals surface area (Å²) >= 11 is 0. The second-order valence-electron chi connectivity index (χ2n) is 3.98. The Hall–Kier alpha value is -2.57. The first kappa shape index (κ1) is 12.5. The normalized spacial score (nSPS) is 11.8. The van der Waals surface area contributed by atoms with Crippen LogP contribution in [0.15, 0.2) is 51.6 Å². The molecule has 20 heavy (non-hydrogen) atoms. The van der Waals surface area contributed by atoms with E-state index in [9.17, 15) is 13.2 Å². The van der Waals surface area contributed by atoms with E-state index in [1.807, 2.05) is 0 Å². The number of hydrogen-bond acceptors (Lipinski definition) is 4. The summed E-state index contributed by atoms with van der Waals surface area (Å²) in [5.74, 6) is 0.769. The fourth-order valence-corrected chi connectivity index (χ4v) is 1.65. The summed E-state index contributed by atoms with van der Waals surface area (Å²) < 4.78 is 47.4. The third kappa shape index (κ3) is 2.29. The minimum absolute atomic E-state index is 0.171. The molecule has 2 heterocycles. The van der Waals surface area contributed by atoms with Crippen molar-refractivity contribution in [2.45, 2.75) is 6.18 Å². The van der Waals surface area contributed by atoms with Gasteiger partial charge in [0.1, 0.15) is 0 Å². The number of furan rings is 1. The molecule has 7 heteroatoms. The van der Waals surface area contributed by atoms with E-state index in [1.165, 1.54) is 18.4 Å². The van der Waals surface area contributed by atoms with E-state index in [-0.39, 0.29) is 11.7 Å². The van der Waals surface area contributed by atoms with Gasteiger partial charge in [-0.15, -0.1) is 0 Å². The Morgan fingerprint density at radius 1 is 1.00 bits per heavy atom. The summed E-state index contributed by atoms with van der Waals surface area (Å²) in [6.07, 6.45) is -2.91. The summed E-state index contributed by atoms with van der Waals surface area (Å²) in [5.41, 5.74) is -0.296. The topological polar surface area (TPSA) is 52.1 Å². The van der Waals surface area contributed by atoms with Crippen LogP contribution in [0, 0.1) is 0 Å². The quantitative estimate of drug-likeness (QED) is 0.711. The SMILES string of the molecule is FC(F)(F)c1ccc(-c2noc(-c3ccco3)n2)cc1. The van der Waals surface area contributed by atoms with E-state index in [0.717, 1.165) is 12.1 Å². The highest BCUT2D eigenvalue weighted by atomic mass is 19.4. The van der Waals surface area contributed by atoms with Gasteiger partial charge in [-0.3, -0.25) is 0 Å². The molecular formula is C13H7F3N2O2. The third-order valence-corrected chi connectivity index (χ3v) is 2.63. The molecule has 3 rings (SSSR count). The minimum atomic E-state index is -4.37. The first-order chi connectivity index (χ1) is 9.54. The predicted octanol–water partition coefficient (Wildman–Crippen LogP) is 4.02. The largest absolute Gasteiger partial charge is 0.459 e. The number of nitrogens with zero attached hydrogens (tertiary/aromatic N) is 2. The zero-order chi connectivity index (χ0) is 14.2. The van der Waals surface area contributed by atoms with Gasteiger partial charge in [0, 0.05) is 5.56 Å². The molecule has 0 aliphatic carbocycles. The van der Waals surface area contributed by atoms with Gasteiger partial charge in [-0.1, -0.05) is 17.3 Å². The van der Waals surface area contributed by atoms with Crippen LogP contribution in [0.2, 0.25) is 0 Å². The predicted molar refractivity (Wildman–Crippen MR) is 62.4 cm³/mol. The molecule has 4 nitrogen and oxygen atoms in total. The van der Waals surface area contributed by atoms with Crippen LogP contribution in [0.5, 0.6) is 0 Å². The first-order valence-electron chi connectivity index (χ1n) is 5.59. The lowest BCUT2D eigenvalue weighted by Crippen LogP contribution is -2.04. The van der Waals surface area contributed by atoms with Crippen molar-refractivity contribution in [3.8, 4) is 23.0 Å². The highest BCUT2D eigenvalue weighted by molar-refractivity contribution is 5.57. The van der Waals surface area contributed by atoms with E-state index in [0.29, 0.717) is 11.3 Å². The minimum Gasteiger partial charge on any atom is -0.459 e. The van der Waals surface area contributed by atoms with Crippen molar-refractivity contribution in [2.24, 2.45) is 0 Å². The van der Waals surface area contributed by atoms with Crippen molar-refractivity contribution < 1.29 is 22.1 Å². The Morgan fingerprint density at radius 3 is 2.35 bits per heavy atom. The molecule has 0 saturated carbocycles. The van der Waals surface area contributed by atoms with Crippen molar-refractivity contribution in [2.75, 3.05) is 0 Å². The van der Waals surface area contributed by atoms with Crippen LogP contribution in [0.4, 0.5) is 13.2 Å². The Balaban J connectivity index is 1.90. The third-order valence-electron chi connectivity index (χ3n) is 2.63. The van der Waals surface area contributed by atoms with Gasteiger partial charge in [-0.2, -0.15) is 18.2 Å². The molecule has 0 spiro atoms. The maximum Gasteiger partial charge on any atom is 0.416 e. The average molecular weight is 280 g/mol. The molecule has 0 unspecified atom stereocenters. The second-order valence-corrected chi connectivity index (χ2v) is 3.98. The van der Waals surface area contributed by atoms with E-state index in [1.54, 1.807) is 12.1 Å². The lowest BCUT2D eigenvalue weighted by molar-refractivity contribution is -0.137. The molecule has 0 atom stereocenters. The highest BCUT2D eigenvalue weighted by Gasteiger charge is 2.30. The summed E-state index contributed by atoms with van der Waals surface area (Å²) in [4.78, 5) is 4.06. The summed E-state index contributed by atoms with van der Waals surface area (Å²) in [5, 5.41) is 3.71. The molecule has 0 aliphatic rings. The summed E-state index contributed by atoms with van der Waals surface area (Å²) in [6.45, 7) is 0. The molecule has 0 aliphatic heterocycles. The maximum atomic E-state index is 12.4. The highest BCUT2D eigenvalue weighted by Crippen LogP contribution is 2.30. The molecule has 102 valence electrons. The number of hydrogen-bond donors (Lipinski definition) is 0. The smallest absolute Gasteiger partial charge is 0.416 e. The van der Waals surface area contributed by atoms with Gasteiger partial charge in [-0.25, -0.2) is 0 Å². The molecule has 2 aromatic heterocycles. The Bertz CT molecular complexity index is 700. The van der Waals surface area contributed by atoms with Gasteiger partial charge >= 0.3 is 6.18 Å². The maximum absolute atomic E-state index is 12.4. The van der Waals surface area contributed by atoms with Crippen molar-refractivity contribution >= 4 is 0 Å². The van der Waals surface area contributed by atoms with Crippen LogP contribution >= 0.6 is 0 Å². The van der Waals surface area contributed by atoms with Crippen molar-refractivity contribution in [3.63, 3.8) is 0 Å². The van der Waals surface area contributed by atoms with Gasteiger partial charge < -0.3 is 8.94 Å². The standard InChI is InChI=1S/C13H7F3N2O2/c14-13(15,16)9-5-3-8(4-6-9)11-17-12(20-18-11)10-2-1-7-19-10/h1-7H. The number of rotatable bonds is 2. The average Bonchev–Trinajstić information content (AvgIpc) is 3.09. The lowest BCUT2D eigenvalue weighted by atomic mass is 10.1. The fraction of sp³-hybridized carbons (Fsp3) is 0.0769. The van der Waals surface area contributed by atoms with Crippen LogP contribution in [0.3, 0.4) is 0 Å². The van der Waals surface area contributed by atoms with E-state index in [2.05, 4.69) is 10.1 Å². The van der Waals surface area contributed by atoms with Crippen molar-refractivity contribution in [1.82, 2.24) is 10.1 Å². The van der Waals surface area contributed by atoms with Crippen molar-refractivity contribution in [3.05, 3.63) is 48.2 Å². The molecular weight excluding hydrogens is 273 g/mol. The summed E-state index contributed by atoms with van der Waals surface area (Å²) in [6, 6.07) is 7.83. The Kier molecular flexibility index (Phi) is 2.81. The van der Waals surface area contributed by atoms with Crippen LogP contribution < -0.4 is 0 Å². The first-order valence-corrected chi connectivity index (χ1v) is 5.59. The number of alkyl halides is 3. The van der Waals surface area contributed by atoms with Gasteiger partial charge in [-0.05, 0) is 24.3 Å². The van der Waals surface area contributed by atoms with Crippen LogP contribution in [-0.2, 0) is 6.18 Å². The molecule has 0 saturated heterocycles. The number of aromatic nitrogens is 2. The van der Waals surface area contributed by atoms with Gasteiger partial charge in [0.15, 0.2) is 5.76 Å². The summed E-state index contributed by atoms with van der Waals surface area (Å²) in [7, 11) is 0. The molecule has 0 radical (unpaired) electrons. The van der Waals surface area contributed by atoms with E-state index >= 15 is 0 Å².